The lowest BCUT2D eigenvalue weighted by Crippen LogP contribution is -2.13. The molecule has 0 fully saturated rings. The van der Waals surface area contributed by atoms with Gasteiger partial charge in [-0.15, -0.1) is 0 Å². The molecule has 0 aliphatic heterocycles. The maximum atomic E-state index is 12.5. The lowest BCUT2D eigenvalue weighted by Gasteiger charge is -2.12. The number of anilines is 1. The lowest BCUT2D eigenvalue weighted by molar-refractivity contribution is -0.112. The Morgan fingerprint density at radius 3 is 2.50 bits per heavy atom. The van der Waals surface area contributed by atoms with Crippen LogP contribution >= 0.6 is 0 Å². The second-order valence-electron chi connectivity index (χ2n) is 6.84. The van der Waals surface area contributed by atoms with Gasteiger partial charge < -0.3 is 19.3 Å². The maximum absolute atomic E-state index is 12.5. The number of aromatic nitrogens is 1. The van der Waals surface area contributed by atoms with Gasteiger partial charge in [-0.05, 0) is 56.7 Å². The minimum atomic E-state index is -0.631. The first-order valence-corrected chi connectivity index (χ1v) is 9.81. The van der Waals surface area contributed by atoms with Crippen LogP contribution in [0.15, 0.2) is 58.6 Å². The van der Waals surface area contributed by atoms with Crippen molar-refractivity contribution in [2.75, 3.05) is 11.9 Å². The Balaban J connectivity index is 1.82. The average molecular weight is 431 g/mol. The number of aryl methyl sites for hydroxylation is 2. The van der Waals surface area contributed by atoms with Gasteiger partial charge in [0.25, 0.3) is 5.91 Å². The highest BCUT2D eigenvalue weighted by atomic mass is 16.6. The minimum Gasteiger partial charge on any atom is -0.490 e. The first-order chi connectivity index (χ1) is 15.4. The summed E-state index contributed by atoms with van der Waals surface area (Å²) in [7, 11) is 0. The average Bonchev–Trinajstić information content (AvgIpc) is 3.18. The highest BCUT2D eigenvalue weighted by Crippen LogP contribution is 2.30. The zero-order valence-electron chi connectivity index (χ0n) is 17.8. The van der Waals surface area contributed by atoms with Crippen LogP contribution in [0, 0.1) is 25.2 Å². The number of hydrogen-bond donors (Lipinski definition) is 1. The van der Waals surface area contributed by atoms with Crippen molar-refractivity contribution in [3.8, 4) is 17.6 Å². The molecule has 32 heavy (non-hydrogen) atoms. The standard InChI is InChI=1S/C24H21N3O5/c1-4-30-21-13-17(12-19(14-25)23(28)26-22-11-16(3)32-27-22)7-10-20(21)31-24(29)18-8-5-15(2)6-9-18/h5-13H,4H2,1-3H3,(H,26,27,28)/b19-12-. The Kier molecular flexibility index (Phi) is 7.03. The van der Waals surface area contributed by atoms with Crippen molar-refractivity contribution < 1.29 is 23.6 Å². The fourth-order valence-electron chi connectivity index (χ4n) is 2.74. The Morgan fingerprint density at radius 1 is 1.12 bits per heavy atom. The van der Waals surface area contributed by atoms with E-state index in [9.17, 15) is 14.9 Å². The molecule has 1 heterocycles. The van der Waals surface area contributed by atoms with Crippen molar-refractivity contribution in [1.29, 1.82) is 5.26 Å². The number of nitrogens with zero attached hydrogens (tertiary/aromatic N) is 2. The summed E-state index contributed by atoms with van der Waals surface area (Å²) in [6.45, 7) is 5.74. The number of nitrogens with one attached hydrogen (secondary N) is 1. The van der Waals surface area contributed by atoms with Crippen LogP contribution < -0.4 is 14.8 Å². The highest BCUT2D eigenvalue weighted by molar-refractivity contribution is 6.09. The summed E-state index contributed by atoms with van der Waals surface area (Å²) in [5, 5.41) is 15.6. The predicted molar refractivity (Wildman–Crippen MR) is 117 cm³/mol. The van der Waals surface area contributed by atoms with Gasteiger partial charge in [0.2, 0.25) is 0 Å². The topological polar surface area (TPSA) is 114 Å². The van der Waals surface area contributed by atoms with E-state index in [1.54, 1.807) is 44.2 Å². The van der Waals surface area contributed by atoms with E-state index in [1.807, 2.05) is 25.1 Å². The van der Waals surface area contributed by atoms with Crippen LogP contribution in [0.25, 0.3) is 6.08 Å². The zero-order chi connectivity index (χ0) is 23.1. The molecule has 162 valence electrons. The van der Waals surface area contributed by atoms with Gasteiger partial charge in [-0.2, -0.15) is 5.26 Å². The monoisotopic (exact) mass is 431 g/mol. The number of carbonyl (C=O) groups excluding carboxylic acids is 2. The molecule has 0 aliphatic carbocycles. The number of amides is 1. The summed E-state index contributed by atoms with van der Waals surface area (Å²) in [5.74, 6) is 0.131. The van der Waals surface area contributed by atoms with E-state index in [0.717, 1.165) is 5.56 Å². The van der Waals surface area contributed by atoms with E-state index in [4.69, 9.17) is 14.0 Å². The van der Waals surface area contributed by atoms with Gasteiger partial charge in [0.05, 0.1) is 12.2 Å². The fourth-order valence-corrected chi connectivity index (χ4v) is 2.74. The number of rotatable bonds is 7. The van der Waals surface area contributed by atoms with E-state index < -0.39 is 11.9 Å². The Bertz CT molecular complexity index is 1200. The fraction of sp³-hybridized carbons (Fsp3) is 0.167. The summed E-state index contributed by atoms with van der Waals surface area (Å²) < 4.78 is 16.0. The summed E-state index contributed by atoms with van der Waals surface area (Å²) in [6, 6.07) is 15.2. The largest absolute Gasteiger partial charge is 0.490 e. The van der Waals surface area contributed by atoms with Crippen molar-refractivity contribution in [3.05, 3.63) is 76.6 Å². The van der Waals surface area contributed by atoms with Gasteiger partial charge in [-0.1, -0.05) is 28.9 Å². The summed E-state index contributed by atoms with van der Waals surface area (Å²) >= 11 is 0. The Morgan fingerprint density at radius 2 is 1.88 bits per heavy atom. The molecule has 0 bridgehead atoms. The predicted octanol–water partition coefficient (Wildman–Crippen LogP) is 4.46. The molecule has 8 nitrogen and oxygen atoms in total. The van der Waals surface area contributed by atoms with E-state index in [1.165, 1.54) is 12.1 Å². The second-order valence-corrected chi connectivity index (χ2v) is 6.84. The second kappa shape index (κ2) is 10.1. The lowest BCUT2D eigenvalue weighted by atomic mass is 10.1. The molecule has 8 heteroatoms. The third-order valence-corrected chi connectivity index (χ3v) is 4.30. The zero-order valence-corrected chi connectivity index (χ0v) is 17.8. The highest BCUT2D eigenvalue weighted by Gasteiger charge is 2.15. The molecule has 3 rings (SSSR count). The van der Waals surface area contributed by atoms with Crippen LogP contribution in [-0.2, 0) is 4.79 Å². The quantitative estimate of drug-likeness (QED) is 0.254. The van der Waals surface area contributed by atoms with E-state index in [-0.39, 0.29) is 17.1 Å². The van der Waals surface area contributed by atoms with Crippen LogP contribution in [0.1, 0.15) is 34.2 Å². The van der Waals surface area contributed by atoms with Crippen LogP contribution in [0.5, 0.6) is 11.5 Å². The SMILES string of the molecule is CCOc1cc(/C=C(/C#N)C(=O)Nc2cc(C)on2)ccc1OC(=O)c1ccc(C)cc1. The van der Waals surface area contributed by atoms with Crippen LogP contribution in [0.3, 0.4) is 0 Å². The van der Waals surface area contributed by atoms with Crippen molar-refractivity contribution >= 4 is 23.8 Å². The van der Waals surface area contributed by atoms with Crippen LogP contribution in [-0.4, -0.2) is 23.6 Å². The third-order valence-electron chi connectivity index (χ3n) is 4.30. The number of esters is 1. The summed E-state index contributed by atoms with van der Waals surface area (Å²) in [6.07, 6.45) is 1.40. The van der Waals surface area contributed by atoms with Gasteiger partial charge in [-0.25, -0.2) is 4.79 Å². The molecule has 1 aromatic heterocycles. The van der Waals surface area contributed by atoms with Gasteiger partial charge in [0.15, 0.2) is 17.3 Å². The molecule has 0 saturated heterocycles. The van der Waals surface area contributed by atoms with Crippen molar-refractivity contribution in [2.45, 2.75) is 20.8 Å². The summed E-state index contributed by atoms with van der Waals surface area (Å²) in [4.78, 5) is 24.8. The first-order valence-electron chi connectivity index (χ1n) is 9.81. The molecule has 2 aromatic carbocycles. The molecule has 3 aromatic rings. The number of benzene rings is 2. The number of nitriles is 1. The molecule has 0 aliphatic rings. The van der Waals surface area contributed by atoms with Crippen molar-refractivity contribution in [3.63, 3.8) is 0 Å². The van der Waals surface area contributed by atoms with E-state index in [2.05, 4.69) is 10.5 Å². The van der Waals surface area contributed by atoms with Gasteiger partial charge in [0, 0.05) is 6.07 Å². The van der Waals surface area contributed by atoms with Crippen LogP contribution in [0.4, 0.5) is 5.82 Å². The molecule has 0 atom stereocenters. The Labute approximate surface area is 185 Å². The summed E-state index contributed by atoms with van der Waals surface area (Å²) in [5.41, 5.74) is 1.82. The normalized spacial score (nSPS) is 10.9. The number of hydrogen-bond acceptors (Lipinski definition) is 7. The van der Waals surface area contributed by atoms with Crippen molar-refractivity contribution in [2.24, 2.45) is 0 Å². The van der Waals surface area contributed by atoms with E-state index in [0.29, 0.717) is 29.2 Å². The van der Waals surface area contributed by atoms with E-state index >= 15 is 0 Å². The smallest absolute Gasteiger partial charge is 0.343 e. The van der Waals surface area contributed by atoms with Crippen molar-refractivity contribution in [1.82, 2.24) is 5.16 Å². The molecule has 1 N–H and O–H groups in total. The number of carbonyl (C=O) groups is 2. The first kappa shape index (κ1) is 22.3. The molecule has 0 saturated carbocycles. The molecule has 1 amide bonds. The number of ether oxygens (including phenoxy) is 2. The van der Waals surface area contributed by atoms with Gasteiger partial charge >= 0.3 is 5.97 Å². The van der Waals surface area contributed by atoms with Gasteiger partial charge in [0.1, 0.15) is 17.4 Å². The molecule has 0 spiro atoms. The minimum absolute atomic E-state index is 0.141. The Hall–Kier alpha value is -4.38. The maximum Gasteiger partial charge on any atom is 0.343 e. The molecular formula is C24H21N3O5. The molecule has 0 unspecified atom stereocenters. The third kappa shape index (κ3) is 5.61. The van der Waals surface area contributed by atoms with Gasteiger partial charge in [-0.3, -0.25) is 4.79 Å². The molecular weight excluding hydrogens is 410 g/mol. The molecule has 0 radical (unpaired) electrons. The van der Waals surface area contributed by atoms with Crippen LogP contribution in [0.2, 0.25) is 0 Å².